The lowest BCUT2D eigenvalue weighted by molar-refractivity contribution is 0.399. The molecule has 5 heteroatoms. The first-order valence-corrected chi connectivity index (χ1v) is 5.48. The first-order chi connectivity index (χ1) is 8.11. The Morgan fingerprint density at radius 1 is 1.29 bits per heavy atom. The van der Waals surface area contributed by atoms with E-state index < -0.39 is 0 Å². The van der Waals surface area contributed by atoms with Gasteiger partial charge in [-0.3, -0.25) is 0 Å². The van der Waals surface area contributed by atoms with Gasteiger partial charge in [0.1, 0.15) is 0 Å². The zero-order valence-electron chi connectivity index (χ0n) is 10.2. The van der Waals surface area contributed by atoms with Gasteiger partial charge in [-0.15, -0.1) is 0 Å². The van der Waals surface area contributed by atoms with Crippen LogP contribution in [0.1, 0.15) is 25.5 Å². The Morgan fingerprint density at radius 2 is 2.06 bits per heavy atom. The molecule has 0 spiro atoms. The summed E-state index contributed by atoms with van der Waals surface area (Å²) in [6, 6.07) is 5.56. The summed E-state index contributed by atoms with van der Waals surface area (Å²) >= 11 is 0. The van der Waals surface area contributed by atoms with Crippen LogP contribution in [-0.4, -0.2) is 21.9 Å². The topological polar surface area (TPSA) is 66.0 Å². The molecule has 0 aliphatic heterocycles. The number of ether oxygens (including phenoxy) is 1. The summed E-state index contributed by atoms with van der Waals surface area (Å²) in [6.07, 6.45) is 1.88. The van der Waals surface area contributed by atoms with Gasteiger partial charge in [-0.2, -0.15) is 10.1 Å². The molecule has 2 aromatic rings. The van der Waals surface area contributed by atoms with Crippen molar-refractivity contribution >= 4 is 5.69 Å². The summed E-state index contributed by atoms with van der Waals surface area (Å²) < 4.78 is 6.80. The van der Waals surface area contributed by atoms with E-state index in [0.29, 0.717) is 23.3 Å². The monoisotopic (exact) mass is 232 g/mol. The first kappa shape index (κ1) is 11.4. The summed E-state index contributed by atoms with van der Waals surface area (Å²) in [5.74, 6) is 1.51. The van der Waals surface area contributed by atoms with E-state index in [9.17, 15) is 0 Å². The highest BCUT2D eigenvalue weighted by Gasteiger charge is 2.08. The van der Waals surface area contributed by atoms with E-state index >= 15 is 0 Å². The van der Waals surface area contributed by atoms with Crippen molar-refractivity contribution in [3.63, 3.8) is 0 Å². The smallest absolute Gasteiger partial charge is 0.238 e. The van der Waals surface area contributed by atoms with Crippen LogP contribution in [0.15, 0.2) is 24.4 Å². The van der Waals surface area contributed by atoms with Gasteiger partial charge in [0.2, 0.25) is 5.88 Å². The largest absolute Gasteiger partial charge is 0.479 e. The number of pyridine rings is 1. The Morgan fingerprint density at radius 3 is 2.65 bits per heavy atom. The maximum absolute atomic E-state index is 5.71. The molecule has 90 valence electrons. The van der Waals surface area contributed by atoms with Crippen LogP contribution in [0, 0.1) is 0 Å². The third kappa shape index (κ3) is 2.22. The van der Waals surface area contributed by atoms with E-state index in [1.165, 1.54) is 0 Å². The van der Waals surface area contributed by atoms with Crippen molar-refractivity contribution in [1.29, 1.82) is 0 Å². The van der Waals surface area contributed by atoms with E-state index in [2.05, 4.69) is 23.9 Å². The molecule has 0 saturated heterocycles. The van der Waals surface area contributed by atoms with Gasteiger partial charge in [0.05, 0.1) is 18.5 Å². The number of nitrogen functional groups attached to an aromatic ring is 1. The van der Waals surface area contributed by atoms with Gasteiger partial charge in [-0.05, 0) is 24.1 Å². The van der Waals surface area contributed by atoms with Crippen LogP contribution in [0.3, 0.4) is 0 Å². The van der Waals surface area contributed by atoms with E-state index in [0.717, 1.165) is 5.69 Å². The molecule has 0 saturated carbocycles. The van der Waals surface area contributed by atoms with Crippen LogP contribution in [0.4, 0.5) is 5.69 Å². The fourth-order valence-electron chi connectivity index (χ4n) is 1.51. The molecule has 5 nitrogen and oxygen atoms in total. The van der Waals surface area contributed by atoms with Crippen molar-refractivity contribution in [2.24, 2.45) is 0 Å². The lowest BCUT2D eigenvalue weighted by atomic mass is 10.1. The first-order valence-electron chi connectivity index (χ1n) is 5.48. The molecule has 0 aromatic carbocycles. The fourth-order valence-corrected chi connectivity index (χ4v) is 1.51. The van der Waals surface area contributed by atoms with Crippen molar-refractivity contribution in [1.82, 2.24) is 14.8 Å². The van der Waals surface area contributed by atoms with Crippen molar-refractivity contribution in [3.05, 3.63) is 30.1 Å². The Kier molecular flexibility index (Phi) is 2.99. The number of aromatic nitrogens is 3. The minimum absolute atomic E-state index is 0.395. The molecule has 0 radical (unpaired) electrons. The van der Waals surface area contributed by atoms with Gasteiger partial charge in [-0.25, -0.2) is 4.68 Å². The molecule has 0 amide bonds. The number of rotatable bonds is 3. The number of nitrogens with zero attached hydrogens (tertiary/aromatic N) is 3. The second kappa shape index (κ2) is 4.45. The number of nitrogens with two attached hydrogens (primary N) is 1. The zero-order chi connectivity index (χ0) is 12.4. The average Bonchev–Trinajstić information content (AvgIpc) is 2.79. The molecule has 2 N–H and O–H groups in total. The Bertz CT molecular complexity index is 519. The van der Waals surface area contributed by atoms with Crippen molar-refractivity contribution in [2.75, 3.05) is 12.8 Å². The molecule has 17 heavy (non-hydrogen) atoms. The lowest BCUT2D eigenvalue weighted by Crippen LogP contribution is -2.03. The quantitative estimate of drug-likeness (QED) is 0.878. The van der Waals surface area contributed by atoms with E-state index in [1.807, 2.05) is 18.3 Å². The number of hydrogen-bond acceptors (Lipinski definition) is 4. The third-order valence-corrected chi connectivity index (χ3v) is 2.50. The Hall–Kier alpha value is -2.04. The van der Waals surface area contributed by atoms with Gasteiger partial charge in [-0.1, -0.05) is 13.8 Å². The molecular weight excluding hydrogens is 216 g/mol. The molecule has 0 aliphatic rings. The predicted molar refractivity (Wildman–Crippen MR) is 66.4 cm³/mol. The second-order valence-electron chi connectivity index (χ2n) is 4.11. The Labute approximate surface area is 100 Å². The highest BCUT2D eigenvalue weighted by atomic mass is 16.5. The lowest BCUT2D eigenvalue weighted by Gasteiger charge is -2.06. The second-order valence-corrected chi connectivity index (χ2v) is 4.11. The van der Waals surface area contributed by atoms with Crippen molar-refractivity contribution < 1.29 is 4.74 Å². The van der Waals surface area contributed by atoms with Crippen molar-refractivity contribution in [2.45, 2.75) is 19.8 Å². The third-order valence-electron chi connectivity index (χ3n) is 2.50. The van der Waals surface area contributed by atoms with Gasteiger partial charge in [0.25, 0.3) is 0 Å². The predicted octanol–water partition coefficient (Wildman–Crippen LogP) is 1.98. The zero-order valence-corrected chi connectivity index (χ0v) is 10.2. The highest BCUT2D eigenvalue weighted by molar-refractivity contribution is 5.50. The van der Waals surface area contributed by atoms with Gasteiger partial charge < -0.3 is 10.5 Å². The molecule has 0 unspecified atom stereocenters. The number of anilines is 1. The molecule has 0 aliphatic carbocycles. The summed E-state index contributed by atoms with van der Waals surface area (Å²) in [4.78, 5) is 4.29. The standard InChI is InChI=1S/C12H16N4O/c1-8(2)10-6-7-16(15-10)11-5-4-9(13)12(14-11)17-3/h4-8H,13H2,1-3H3. The van der Waals surface area contributed by atoms with Crippen LogP contribution < -0.4 is 10.5 Å². The molecular formula is C12H16N4O. The average molecular weight is 232 g/mol. The van der Waals surface area contributed by atoms with Crippen molar-refractivity contribution in [3.8, 4) is 11.7 Å². The molecule has 0 fully saturated rings. The van der Waals surface area contributed by atoms with Gasteiger partial charge in [0, 0.05) is 6.20 Å². The maximum Gasteiger partial charge on any atom is 0.238 e. The normalized spacial score (nSPS) is 10.8. The minimum atomic E-state index is 0.395. The van der Waals surface area contributed by atoms with Crippen LogP contribution in [0.2, 0.25) is 0 Å². The summed E-state index contributed by atoms with van der Waals surface area (Å²) in [5, 5.41) is 4.44. The molecule has 2 aromatic heterocycles. The van der Waals surface area contributed by atoms with Crippen LogP contribution in [0.5, 0.6) is 5.88 Å². The van der Waals surface area contributed by atoms with E-state index in [4.69, 9.17) is 10.5 Å². The summed E-state index contributed by atoms with van der Waals surface area (Å²) in [6.45, 7) is 4.20. The van der Waals surface area contributed by atoms with Crippen LogP contribution >= 0.6 is 0 Å². The Balaban J connectivity index is 2.38. The van der Waals surface area contributed by atoms with Gasteiger partial charge in [0.15, 0.2) is 5.82 Å². The number of methoxy groups -OCH3 is 1. The minimum Gasteiger partial charge on any atom is -0.479 e. The van der Waals surface area contributed by atoms with Crippen LogP contribution in [0.25, 0.3) is 5.82 Å². The van der Waals surface area contributed by atoms with E-state index in [1.54, 1.807) is 17.9 Å². The maximum atomic E-state index is 5.71. The highest BCUT2D eigenvalue weighted by Crippen LogP contribution is 2.20. The fraction of sp³-hybridized carbons (Fsp3) is 0.333. The number of hydrogen-bond donors (Lipinski definition) is 1. The summed E-state index contributed by atoms with van der Waals surface area (Å²) in [7, 11) is 1.55. The molecule has 2 rings (SSSR count). The van der Waals surface area contributed by atoms with Gasteiger partial charge >= 0.3 is 0 Å². The van der Waals surface area contributed by atoms with E-state index in [-0.39, 0.29) is 0 Å². The molecule has 0 atom stereocenters. The van der Waals surface area contributed by atoms with Crippen LogP contribution in [-0.2, 0) is 0 Å². The SMILES string of the molecule is COc1nc(-n2ccc(C(C)C)n2)ccc1N. The molecule has 2 heterocycles. The summed E-state index contributed by atoms with van der Waals surface area (Å²) in [5.41, 5.74) is 7.27. The molecule has 0 bridgehead atoms.